The molecular weight excluding hydrogens is 358 g/mol. The molecule has 26 heavy (non-hydrogen) atoms. The zero-order valence-electron chi connectivity index (χ0n) is 15.1. The molecule has 0 bridgehead atoms. The van der Waals surface area contributed by atoms with Crippen LogP contribution in [0.5, 0.6) is 5.75 Å². The fourth-order valence-corrected chi connectivity index (χ4v) is 3.43. The summed E-state index contributed by atoms with van der Waals surface area (Å²) >= 11 is 1.16. The molecule has 2 rings (SSSR count). The number of ether oxygens (including phenoxy) is 3. The summed E-state index contributed by atoms with van der Waals surface area (Å²) in [7, 11) is 1.27. The quantitative estimate of drug-likeness (QED) is 0.773. The summed E-state index contributed by atoms with van der Waals surface area (Å²) in [5.41, 5.74) is 5.31. The van der Waals surface area contributed by atoms with Crippen molar-refractivity contribution in [2.75, 3.05) is 13.7 Å². The predicted octanol–water partition coefficient (Wildman–Crippen LogP) is 2.44. The Hall–Kier alpha value is -2.61. The molecule has 0 unspecified atom stereocenters. The molecule has 2 aromatic rings. The Morgan fingerprint density at radius 2 is 1.88 bits per heavy atom. The molecule has 7 nitrogen and oxygen atoms in total. The monoisotopic (exact) mass is 379 g/mol. The van der Waals surface area contributed by atoms with Crippen LogP contribution in [0, 0.1) is 0 Å². The average Bonchev–Trinajstić information content (AvgIpc) is 2.87. The second-order valence-electron chi connectivity index (χ2n) is 6.60. The summed E-state index contributed by atoms with van der Waals surface area (Å²) in [6.45, 7) is 4.93. The lowest BCUT2D eigenvalue weighted by molar-refractivity contribution is -0.157. The molecule has 1 aromatic heterocycles. The van der Waals surface area contributed by atoms with E-state index < -0.39 is 23.4 Å². The zero-order valence-corrected chi connectivity index (χ0v) is 15.9. The standard InChI is InChI=1S/C18H21NO6S/c1-18(2,3)25-14(21)9-24-15-11-6-5-10(8-13(19)20)7-12(11)26-16(15)17(22)23-4/h5-7H,8-9H2,1-4H3,(H2,19,20). The van der Waals surface area contributed by atoms with Crippen LogP contribution in [0.4, 0.5) is 0 Å². The topological polar surface area (TPSA) is 105 Å². The van der Waals surface area contributed by atoms with E-state index in [2.05, 4.69) is 0 Å². The zero-order chi connectivity index (χ0) is 19.5. The Morgan fingerprint density at radius 1 is 1.19 bits per heavy atom. The minimum atomic E-state index is -0.633. The van der Waals surface area contributed by atoms with Crippen molar-refractivity contribution in [2.45, 2.75) is 32.8 Å². The number of benzene rings is 1. The van der Waals surface area contributed by atoms with E-state index in [1.165, 1.54) is 7.11 Å². The molecule has 8 heteroatoms. The lowest BCUT2D eigenvalue weighted by atomic mass is 10.1. The number of primary amides is 1. The van der Waals surface area contributed by atoms with Crippen molar-refractivity contribution in [1.29, 1.82) is 0 Å². The molecule has 1 aromatic carbocycles. The highest BCUT2D eigenvalue weighted by atomic mass is 32.1. The lowest BCUT2D eigenvalue weighted by Crippen LogP contribution is -2.27. The number of fused-ring (bicyclic) bond motifs is 1. The number of esters is 2. The summed E-state index contributed by atoms with van der Waals surface area (Å²) in [6, 6.07) is 5.21. The Balaban J connectivity index is 2.34. The van der Waals surface area contributed by atoms with Crippen LogP contribution in [0.2, 0.25) is 0 Å². The van der Waals surface area contributed by atoms with E-state index in [-0.39, 0.29) is 23.7 Å². The van der Waals surface area contributed by atoms with E-state index in [0.29, 0.717) is 5.39 Å². The number of rotatable bonds is 6. The summed E-state index contributed by atoms with van der Waals surface area (Å²) in [5.74, 6) is -1.30. The predicted molar refractivity (Wildman–Crippen MR) is 97.4 cm³/mol. The van der Waals surface area contributed by atoms with Gasteiger partial charge in [-0.25, -0.2) is 9.59 Å². The minimum Gasteiger partial charge on any atom is -0.479 e. The maximum atomic E-state index is 12.1. The van der Waals surface area contributed by atoms with E-state index in [9.17, 15) is 14.4 Å². The van der Waals surface area contributed by atoms with Crippen molar-refractivity contribution in [1.82, 2.24) is 0 Å². The molecule has 1 heterocycles. The van der Waals surface area contributed by atoms with Crippen molar-refractivity contribution in [3.05, 3.63) is 28.6 Å². The number of hydrogen-bond donors (Lipinski definition) is 1. The summed E-state index contributed by atoms with van der Waals surface area (Å²) in [4.78, 5) is 35.3. The molecule has 140 valence electrons. The smallest absolute Gasteiger partial charge is 0.351 e. The lowest BCUT2D eigenvalue weighted by Gasteiger charge is -2.19. The van der Waals surface area contributed by atoms with Crippen LogP contribution in [-0.2, 0) is 25.5 Å². The van der Waals surface area contributed by atoms with Crippen molar-refractivity contribution in [3.63, 3.8) is 0 Å². The third kappa shape index (κ3) is 4.95. The molecule has 0 saturated carbocycles. The van der Waals surface area contributed by atoms with E-state index in [4.69, 9.17) is 19.9 Å². The Bertz CT molecular complexity index is 849. The fourth-order valence-electron chi connectivity index (χ4n) is 2.30. The Labute approximate surface area is 155 Å². The first-order valence-electron chi connectivity index (χ1n) is 7.87. The Morgan fingerprint density at radius 3 is 2.46 bits per heavy atom. The molecule has 2 N–H and O–H groups in total. The number of hydrogen-bond acceptors (Lipinski definition) is 7. The van der Waals surface area contributed by atoms with E-state index >= 15 is 0 Å². The van der Waals surface area contributed by atoms with Crippen LogP contribution >= 0.6 is 11.3 Å². The van der Waals surface area contributed by atoms with Gasteiger partial charge in [-0.15, -0.1) is 11.3 Å². The highest BCUT2D eigenvalue weighted by Crippen LogP contribution is 2.39. The highest BCUT2D eigenvalue weighted by molar-refractivity contribution is 7.21. The highest BCUT2D eigenvalue weighted by Gasteiger charge is 2.23. The van der Waals surface area contributed by atoms with E-state index in [1.807, 2.05) is 0 Å². The maximum absolute atomic E-state index is 12.1. The minimum absolute atomic E-state index is 0.0928. The van der Waals surface area contributed by atoms with Crippen LogP contribution in [0.1, 0.15) is 36.0 Å². The van der Waals surface area contributed by atoms with Crippen LogP contribution < -0.4 is 10.5 Å². The molecule has 0 spiro atoms. The van der Waals surface area contributed by atoms with Crippen LogP contribution in [0.3, 0.4) is 0 Å². The first kappa shape index (κ1) is 19.7. The average molecular weight is 379 g/mol. The van der Waals surface area contributed by atoms with Gasteiger partial charge in [0, 0.05) is 10.1 Å². The van der Waals surface area contributed by atoms with Gasteiger partial charge in [0.05, 0.1) is 13.5 Å². The molecule has 0 atom stereocenters. The number of thiophene rings is 1. The van der Waals surface area contributed by atoms with Gasteiger partial charge in [0.15, 0.2) is 17.2 Å². The third-order valence-electron chi connectivity index (χ3n) is 3.21. The maximum Gasteiger partial charge on any atom is 0.351 e. The van der Waals surface area contributed by atoms with E-state index in [0.717, 1.165) is 21.6 Å². The van der Waals surface area contributed by atoms with Crippen molar-refractivity contribution >= 4 is 39.3 Å². The fraction of sp³-hybridized carbons (Fsp3) is 0.389. The Kier molecular flexibility index (Phi) is 5.86. The normalized spacial score (nSPS) is 11.2. The summed E-state index contributed by atoms with van der Waals surface area (Å²) in [5, 5.41) is 0.646. The third-order valence-corrected chi connectivity index (χ3v) is 4.33. The van der Waals surface area contributed by atoms with Gasteiger partial charge in [0.2, 0.25) is 5.91 Å². The summed E-state index contributed by atoms with van der Waals surface area (Å²) < 4.78 is 16.3. The first-order chi connectivity index (χ1) is 12.1. The van der Waals surface area contributed by atoms with Crippen molar-refractivity contribution in [2.24, 2.45) is 5.73 Å². The van der Waals surface area contributed by atoms with Gasteiger partial charge in [-0.1, -0.05) is 6.07 Å². The van der Waals surface area contributed by atoms with Gasteiger partial charge in [0.1, 0.15) is 5.60 Å². The van der Waals surface area contributed by atoms with E-state index in [1.54, 1.807) is 39.0 Å². The molecular formula is C18H21NO6S. The molecule has 1 amide bonds. The van der Waals surface area contributed by atoms with Crippen molar-refractivity contribution in [3.8, 4) is 5.75 Å². The molecule has 0 aliphatic carbocycles. The molecule has 0 saturated heterocycles. The van der Waals surface area contributed by atoms with Gasteiger partial charge in [0.25, 0.3) is 0 Å². The van der Waals surface area contributed by atoms with Crippen LogP contribution in [-0.4, -0.2) is 37.2 Å². The largest absolute Gasteiger partial charge is 0.479 e. The molecule has 0 radical (unpaired) electrons. The van der Waals surface area contributed by atoms with Crippen LogP contribution in [0.15, 0.2) is 18.2 Å². The van der Waals surface area contributed by atoms with Gasteiger partial charge >= 0.3 is 11.9 Å². The van der Waals surface area contributed by atoms with Gasteiger partial charge in [-0.05, 0) is 38.5 Å². The van der Waals surface area contributed by atoms with Crippen LogP contribution in [0.25, 0.3) is 10.1 Å². The second kappa shape index (κ2) is 7.74. The number of amides is 1. The van der Waals surface area contributed by atoms with Crippen molar-refractivity contribution < 1.29 is 28.6 Å². The number of carbonyl (C=O) groups excluding carboxylic acids is 3. The van der Waals surface area contributed by atoms with Gasteiger partial charge in [-0.3, -0.25) is 4.79 Å². The number of nitrogens with two attached hydrogens (primary N) is 1. The van der Waals surface area contributed by atoms with Gasteiger partial charge < -0.3 is 19.9 Å². The van der Waals surface area contributed by atoms with Gasteiger partial charge in [-0.2, -0.15) is 0 Å². The molecule has 0 aliphatic heterocycles. The second-order valence-corrected chi connectivity index (χ2v) is 7.65. The molecule has 0 aliphatic rings. The number of methoxy groups -OCH3 is 1. The number of carbonyl (C=O) groups is 3. The molecule has 0 fully saturated rings. The summed E-state index contributed by atoms with van der Waals surface area (Å²) in [6.07, 6.45) is 0.0928. The SMILES string of the molecule is COC(=O)c1sc2cc(CC(N)=O)ccc2c1OCC(=O)OC(C)(C)C. The first-order valence-corrected chi connectivity index (χ1v) is 8.69.